The van der Waals surface area contributed by atoms with Gasteiger partial charge in [-0.15, -0.1) is 34.2 Å². The van der Waals surface area contributed by atoms with Crippen LogP contribution in [0, 0.1) is 0 Å². The summed E-state index contributed by atoms with van der Waals surface area (Å²) in [6.07, 6.45) is 1.61. The molecule has 0 aliphatic carbocycles. The quantitative estimate of drug-likeness (QED) is 0.333. The number of ether oxygens (including phenoxy) is 1. The minimum absolute atomic E-state index is 0. The Labute approximate surface area is 189 Å². The average Bonchev–Trinajstić information content (AvgIpc) is 3.05. The molecule has 0 spiro atoms. The number of rotatable bonds is 7. The Kier molecular flexibility index (Phi) is 10.1. The molecule has 29 heavy (non-hydrogen) atoms. The Morgan fingerprint density at radius 2 is 2.00 bits per heavy atom. The third-order valence-corrected chi connectivity index (χ3v) is 3.81. The van der Waals surface area contributed by atoms with E-state index in [0.717, 1.165) is 18.0 Å². The second-order valence-corrected chi connectivity index (χ2v) is 7.23. The molecule has 0 aliphatic rings. The van der Waals surface area contributed by atoms with Crippen LogP contribution in [-0.2, 0) is 11.3 Å². The fourth-order valence-electron chi connectivity index (χ4n) is 2.50. The number of nitrogens with zero attached hydrogens (tertiary/aromatic N) is 5. The van der Waals surface area contributed by atoms with Crippen LogP contribution in [0.1, 0.15) is 40.4 Å². The summed E-state index contributed by atoms with van der Waals surface area (Å²) < 4.78 is 7.34. The highest BCUT2D eigenvalue weighted by Crippen LogP contribution is 2.09. The van der Waals surface area contributed by atoms with E-state index in [-0.39, 0.29) is 30.1 Å². The van der Waals surface area contributed by atoms with Gasteiger partial charge in [0.25, 0.3) is 0 Å². The van der Waals surface area contributed by atoms with Crippen LogP contribution in [0.3, 0.4) is 0 Å². The molecule has 0 aliphatic heterocycles. The first-order valence-corrected chi connectivity index (χ1v) is 9.62. The van der Waals surface area contributed by atoms with E-state index < -0.39 is 5.60 Å². The van der Waals surface area contributed by atoms with Crippen molar-refractivity contribution in [2.45, 2.75) is 46.8 Å². The molecule has 2 rings (SSSR count). The van der Waals surface area contributed by atoms with Gasteiger partial charge in [0, 0.05) is 32.4 Å². The summed E-state index contributed by atoms with van der Waals surface area (Å²) >= 11 is 0. The summed E-state index contributed by atoms with van der Waals surface area (Å²) in [4.78, 5) is 18.4. The van der Waals surface area contributed by atoms with Gasteiger partial charge in [-0.05, 0) is 46.8 Å². The van der Waals surface area contributed by atoms with Gasteiger partial charge in [-0.3, -0.25) is 4.40 Å². The summed E-state index contributed by atoms with van der Waals surface area (Å²) in [5.41, 5.74) is 0.289. The largest absolute Gasteiger partial charge is 0.444 e. The first kappa shape index (κ1) is 24.9. The normalized spacial score (nSPS) is 11.7. The van der Waals surface area contributed by atoms with Crippen molar-refractivity contribution in [1.82, 2.24) is 30.1 Å². The highest BCUT2D eigenvalue weighted by atomic mass is 127. The number of nitrogens with one attached hydrogen (secondary N) is 2. The molecule has 0 atom stereocenters. The zero-order chi connectivity index (χ0) is 20.6. The summed E-state index contributed by atoms with van der Waals surface area (Å²) in [7, 11) is 0. The molecule has 1 amide bonds. The number of aliphatic imine (C=N–C) groups is 1. The Bertz CT molecular complexity index is 801. The molecule has 0 aromatic carbocycles. The van der Waals surface area contributed by atoms with Crippen LogP contribution in [0.2, 0.25) is 0 Å². The fourth-order valence-corrected chi connectivity index (χ4v) is 2.50. The number of hydrogen-bond donors (Lipinski definition) is 2. The summed E-state index contributed by atoms with van der Waals surface area (Å²) in [5, 5.41) is 14.8. The lowest BCUT2D eigenvalue weighted by molar-refractivity contribution is 0.0264. The smallest absolute Gasteiger partial charge is 0.410 e. The number of pyridine rings is 1. The lowest BCUT2D eigenvalue weighted by atomic mass is 10.2. The molecule has 2 heterocycles. The first-order chi connectivity index (χ1) is 13.3. The molecule has 0 saturated carbocycles. The van der Waals surface area contributed by atoms with Gasteiger partial charge in [-0.1, -0.05) is 6.07 Å². The highest BCUT2D eigenvalue weighted by molar-refractivity contribution is 14.0. The summed E-state index contributed by atoms with van der Waals surface area (Å²) in [5.74, 6) is 1.42. The van der Waals surface area contributed by atoms with Gasteiger partial charge in [-0.2, -0.15) is 0 Å². The van der Waals surface area contributed by atoms with E-state index in [4.69, 9.17) is 4.74 Å². The van der Waals surface area contributed by atoms with E-state index in [1.54, 1.807) is 4.90 Å². The van der Waals surface area contributed by atoms with Crippen molar-refractivity contribution in [3.05, 3.63) is 30.2 Å². The van der Waals surface area contributed by atoms with Crippen LogP contribution in [0.4, 0.5) is 4.79 Å². The molecule has 2 aromatic rings. The van der Waals surface area contributed by atoms with E-state index >= 15 is 0 Å². The molecule has 0 saturated heterocycles. The van der Waals surface area contributed by atoms with E-state index in [1.807, 2.05) is 63.4 Å². The third-order valence-electron chi connectivity index (χ3n) is 3.81. The van der Waals surface area contributed by atoms with E-state index in [0.29, 0.717) is 32.1 Å². The lowest BCUT2D eigenvalue weighted by Gasteiger charge is -2.26. The molecule has 0 unspecified atom stereocenters. The van der Waals surface area contributed by atoms with Gasteiger partial charge in [0.2, 0.25) is 0 Å². The SMILES string of the molecule is CCNC(=NCc1nnc2ccccn12)NCCN(CC)C(=O)OC(C)(C)C.I. The van der Waals surface area contributed by atoms with Gasteiger partial charge < -0.3 is 20.3 Å². The van der Waals surface area contributed by atoms with E-state index in [2.05, 4.69) is 25.8 Å². The van der Waals surface area contributed by atoms with Crippen LogP contribution < -0.4 is 10.6 Å². The van der Waals surface area contributed by atoms with Gasteiger partial charge in [-0.25, -0.2) is 9.79 Å². The van der Waals surface area contributed by atoms with Gasteiger partial charge in [0.05, 0.1) is 0 Å². The van der Waals surface area contributed by atoms with Crippen molar-refractivity contribution in [2.75, 3.05) is 26.2 Å². The lowest BCUT2D eigenvalue weighted by Crippen LogP contribution is -2.44. The van der Waals surface area contributed by atoms with Crippen molar-refractivity contribution in [1.29, 1.82) is 0 Å². The average molecular weight is 517 g/mol. The third kappa shape index (κ3) is 8.03. The number of aromatic nitrogens is 3. The highest BCUT2D eigenvalue weighted by Gasteiger charge is 2.20. The molecule has 0 radical (unpaired) electrons. The number of likely N-dealkylation sites (N-methyl/N-ethyl adjacent to an activating group) is 1. The Hall–Kier alpha value is -2.11. The molecule has 9 nitrogen and oxygen atoms in total. The maximum Gasteiger partial charge on any atom is 0.410 e. The molecular weight excluding hydrogens is 485 g/mol. The molecule has 2 aromatic heterocycles. The minimum atomic E-state index is -0.505. The first-order valence-electron chi connectivity index (χ1n) is 9.62. The van der Waals surface area contributed by atoms with E-state index in [1.165, 1.54) is 0 Å². The van der Waals surface area contributed by atoms with Crippen molar-refractivity contribution in [2.24, 2.45) is 4.99 Å². The Morgan fingerprint density at radius 1 is 1.24 bits per heavy atom. The zero-order valence-corrected chi connectivity index (χ0v) is 20.1. The fraction of sp³-hybridized carbons (Fsp3) is 0.579. The predicted octanol–water partition coefficient (Wildman–Crippen LogP) is 2.66. The number of amides is 1. The van der Waals surface area contributed by atoms with Crippen LogP contribution in [0.25, 0.3) is 5.65 Å². The van der Waals surface area contributed by atoms with Gasteiger partial charge >= 0.3 is 6.09 Å². The topological polar surface area (TPSA) is 96.1 Å². The number of carbonyl (C=O) groups is 1. The number of carbonyl (C=O) groups excluding carboxylic acids is 1. The molecular formula is C19H32IN7O2. The Morgan fingerprint density at radius 3 is 2.66 bits per heavy atom. The van der Waals surface area contributed by atoms with Gasteiger partial charge in [0.1, 0.15) is 12.1 Å². The second-order valence-electron chi connectivity index (χ2n) is 7.23. The Balaban J connectivity index is 0.00000420. The minimum Gasteiger partial charge on any atom is -0.444 e. The second kappa shape index (κ2) is 11.8. The number of fused-ring (bicyclic) bond motifs is 1. The van der Waals surface area contributed by atoms with Crippen LogP contribution >= 0.6 is 24.0 Å². The number of halogens is 1. The van der Waals surface area contributed by atoms with Crippen molar-refractivity contribution in [3.8, 4) is 0 Å². The summed E-state index contributed by atoms with van der Waals surface area (Å²) in [6.45, 7) is 12.3. The van der Waals surface area contributed by atoms with Crippen molar-refractivity contribution in [3.63, 3.8) is 0 Å². The maximum atomic E-state index is 12.2. The molecule has 0 fully saturated rings. The summed E-state index contributed by atoms with van der Waals surface area (Å²) in [6, 6.07) is 5.76. The van der Waals surface area contributed by atoms with Crippen molar-refractivity contribution >= 4 is 41.7 Å². The van der Waals surface area contributed by atoms with Crippen LogP contribution in [-0.4, -0.2) is 63.3 Å². The zero-order valence-electron chi connectivity index (χ0n) is 17.8. The van der Waals surface area contributed by atoms with Crippen LogP contribution in [0.15, 0.2) is 29.4 Å². The standard InChI is InChI=1S/C19H31N7O2.HI/c1-6-20-17(21-11-13-25(7-2)18(27)28-19(3,4)5)22-14-16-24-23-15-10-8-9-12-26(15)16;/h8-10,12H,6-7,11,13-14H2,1-5H3,(H2,20,21,22);1H. The predicted molar refractivity (Wildman–Crippen MR) is 125 cm³/mol. The maximum absolute atomic E-state index is 12.2. The molecule has 2 N–H and O–H groups in total. The van der Waals surface area contributed by atoms with E-state index in [9.17, 15) is 4.79 Å². The number of hydrogen-bond acceptors (Lipinski definition) is 5. The number of guanidine groups is 1. The molecule has 0 bridgehead atoms. The van der Waals surface area contributed by atoms with Crippen molar-refractivity contribution < 1.29 is 9.53 Å². The molecule has 10 heteroatoms. The molecule has 162 valence electrons. The van der Waals surface area contributed by atoms with Crippen LogP contribution in [0.5, 0.6) is 0 Å². The monoisotopic (exact) mass is 517 g/mol. The van der Waals surface area contributed by atoms with Gasteiger partial charge in [0.15, 0.2) is 17.4 Å².